The zero-order valence-corrected chi connectivity index (χ0v) is 12.2. The predicted octanol–water partition coefficient (Wildman–Crippen LogP) is 3.38. The molecule has 102 valence electrons. The van der Waals surface area contributed by atoms with Gasteiger partial charge in [-0.2, -0.15) is 0 Å². The molecule has 0 aliphatic heterocycles. The SMILES string of the molecule is CCNC(c1nccn1CC)C1CCCC1(C)C. The molecule has 2 unspecified atom stereocenters. The van der Waals surface area contributed by atoms with E-state index in [1.165, 1.54) is 25.1 Å². The molecular formula is C15H27N3. The topological polar surface area (TPSA) is 29.9 Å². The van der Waals surface area contributed by atoms with Crippen LogP contribution in [0.3, 0.4) is 0 Å². The number of nitrogens with zero attached hydrogens (tertiary/aromatic N) is 2. The molecule has 0 spiro atoms. The van der Waals surface area contributed by atoms with Crippen molar-refractivity contribution in [2.45, 2.75) is 59.5 Å². The van der Waals surface area contributed by atoms with Gasteiger partial charge in [0.25, 0.3) is 0 Å². The first-order valence-electron chi connectivity index (χ1n) is 7.34. The van der Waals surface area contributed by atoms with E-state index in [0.29, 0.717) is 17.4 Å². The quantitative estimate of drug-likeness (QED) is 0.867. The lowest BCUT2D eigenvalue weighted by atomic mass is 9.77. The Labute approximate surface area is 111 Å². The predicted molar refractivity (Wildman–Crippen MR) is 75.4 cm³/mol. The highest BCUT2D eigenvalue weighted by Crippen LogP contribution is 2.48. The number of nitrogens with one attached hydrogen (secondary N) is 1. The molecule has 2 rings (SSSR count). The van der Waals surface area contributed by atoms with Crippen molar-refractivity contribution in [3.8, 4) is 0 Å². The lowest BCUT2D eigenvalue weighted by molar-refractivity contribution is 0.191. The Hall–Kier alpha value is -0.830. The van der Waals surface area contributed by atoms with Crippen LogP contribution < -0.4 is 5.32 Å². The largest absolute Gasteiger partial charge is 0.334 e. The average molecular weight is 249 g/mol. The van der Waals surface area contributed by atoms with Gasteiger partial charge in [0, 0.05) is 18.9 Å². The fourth-order valence-electron chi connectivity index (χ4n) is 3.47. The van der Waals surface area contributed by atoms with Gasteiger partial charge in [-0.05, 0) is 37.6 Å². The van der Waals surface area contributed by atoms with Crippen LogP contribution in [-0.4, -0.2) is 16.1 Å². The van der Waals surface area contributed by atoms with Crippen LogP contribution in [0.1, 0.15) is 58.8 Å². The van der Waals surface area contributed by atoms with E-state index >= 15 is 0 Å². The fourth-order valence-corrected chi connectivity index (χ4v) is 3.47. The number of hydrogen-bond acceptors (Lipinski definition) is 2. The number of imidazole rings is 1. The first-order valence-corrected chi connectivity index (χ1v) is 7.34. The molecule has 1 saturated carbocycles. The van der Waals surface area contributed by atoms with Crippen LogP contribution in [0, 0.1) is 11.3 Å². The van der Waals surface area contributed by atoms with Crippen LogP contribution in [0.4, 0.5) is 0 Å². The van der Waals surface area contributed by atoms with Crippen molar-refractivity contribution in [2.24, 2.45) is 11.3 Å². The summed E-state index contributed by atoms with van der Waals surface area (Å²) in [5.41, 5.74) is 0.428. The minimum absolute atomic E-state index is 0.405. The normalized spacial score (nSPS) is 24.3. The maximum Gasteiger partial charge on any atom is 0.126 e. The Kier molecular flexibility index (Phi) is 4.10. The van der Waals surface area contributed by atoms with Crippen LogP contribution in [0.25, 0.3) is 0 Å². The minimum Gasteiger partial charge on any atom is -0.334 e. The van der Waals surface area contributed by atoms with Gasteiger partial charge in [0.05, 0.1) is 6.04 Å². The Balaban J connectivity index is 2.28. The first-order chi connectivity index (χ1) is 8.60. The van der Waals surface area contributed by atoms with Crippen LogP contribution in [0.15, 0.2) is 12.4 Å². The second-order valence-corrected chi connectivity index (χ2v) is 6.09. The smallest absolute Gasteiger partial charge is 0.126 e. The highest BCUT2D eigenvalue weighted by molar-refractivity contribution is 5.06. The van der Waals surface area contributed by atoms with Crippen LogP contribution in [-0.2, 0) is 6.54 Å². The van der Waals surface area contributed by atoms with E-state index in [0.717, 1.165) is 13.1 Å². The minimum atomic E-state index is 0.405. The highest BCUT2D eigenvalue weighted by atomic mass is 15.1. The standard InChI is InChI=1S/C15H27N3/c1-5-16-13(12-8-7-9-15(12,3)4)14-17-10-11-18(14)6-2/h10-13,16H,5-9H2,1-4H3. The molecule has 1 aromatic heterocycles. The summed E-state index contributed by atoms with van der Waals surface area (Å²) in [5, 5.41) is 3.67. The van der Waals surface area contributed by atoms with E-state index in [2.05, 4.69) is 48.8 Å². The van der Waals surface area contributed by atoms with Crippen molar-refractivity contribution in [1.82, 2.24) is 14.9 Å². The third-order valence-corrected chi connectivity index (χ3v) is 4.53. The zero-order valence-electron chi connectivity index (χ0n) is 12.2. The summed E-state index contributed by atoms with van der Waals surface area (Å²) in [5.74, 6) is 1.92. The molecule has 1 heterocycles. The Morgan fingerprint density at radius 1 is 1.50 bits per heavy atom. The molecule has 1 fully saturated rings. The van der Waals surface area contributed by atoms with Crippen molar-refractivity contribution in [2.75, 3.05) is 6.54 Å². The number of rotatable bonds is 5. The summed E-state index contributed by atoms with van der Waals surface area (Å²) >= 11 is 0. The van der Waals surface area contributed by atoms with Gasteiger partial charge < -0.3 is 9.88 Å². The molecule has 0 saturated heterocycles. The maximum atomic E-state index is 4.62. The summed E-state index contributed by atoms with van der Waals surface area (Å²) < 4.78 is 2.28. The van der Waals surface area contributed by atoms with E-state index in [-0.39, 0.29) is 0 Å². The average Bonchev–Trinajstić information content (AvgIpc) is 2.92. The van der Waals surface area contributed by atoms with Crippen LogP contribution in [0.2, 0.25) is 0 Å². The Bertz CT molecular complexity index is 381. The molecule has 3 heteroatoms. The molecule has 0 bridgehead atoms. The number of hydrogen-bond donors (Lipinski definition) is 1. The van der Waals surface area contributed by atoms with E-state index in [1.807, 2.05) is 6.20 Å². The molecule has 1 aliphatic rings. The van der Waals surface area contributed by atoms with Crippen LogP contribution >= 0.6 is 0 Å². The molecule has 18 heavy (non-hydrogen) atoms. The maximum absolute atomic E-state index is 4.62. The van der Waals surface area contributed by atoms with Gasteiger partial charge in [0.1, 0.15) is 5.82 Å². The fraction of sp³-hybridized carbons (Fsp3) is 0.800. The Morgan fingerprint density at radius 2 is 2.28 bits per heavy atom. The summed E-state index contributed by atoms with van der Waals surface area (Å²) in [7, 11) is 0. The Morgan fingerprint density at radius 3 is 2.83 bits per heavy atom. The van der Waals surface area contributed by atoms with Crippen molar-refractivity contribution < 1.29 is 0 Å². The van der Waals surface area contributed by atoms with Crippen LogP contribution in [0.5, 0.6) is 0 Å². The van der Waals surface area contributed by atoms with E-state index in [4.69, 9.17) is 0 Å². The van der Waals surface area contributed by atoms with Gasteiger partial charge in [-0.3, -0.25) is 0 Å². The van der Waals surface area contributed by atoms with Crippen molar-refractivity contribution in [1.29, 1.82) is 0 Å². The molecule has 3 nitrogen and oxygen atoms in total. The third-order valence-electron chi connectivity index (χ3n) is 4.53. The van der Waals surface area contributed by atoms with Gasteiger partial charge in [-0.1, -0.05) is 27.2 Å². The van der Waals surface area contributed by atoms with Gasteiger partial charge >= 0.3 is 0 Å². The van der Waals surface area contributed by atoms with Gasteiger partial charge in [0.2, 0.25) is 0 Å². The molecule has 0 amide bonds. The van der Waals surface area contributed by atoms with Gasteiger partial charge in [-0.15, -0.1) is 0 Å². The molecule has 1 aliphatic carbocycles. The van der Waals surface area contributed by atoms with Gasteiger partial charge in [0.15, 0.2) is 0 Å². The number of aromatic nitrogens is 2. The van der Waals surface area contributed by atoms with Crippen molar-refractivity contribution in [3.63, 3.8) is 0 Å². The summed E-state index contributed by atoms with van der Waals surface area (Å²) in [6.07, 6.45) is 8.05. The van der Waals surface area contributed by atoms with E-state index < -0.39 is 0 Å². The molecule has 1 N–H and O–H groups in total. The second-order valence-electron chi connectivity index (χ2n) is 6.09. The zero-order chi connectivity index (χ0) is 13.2. The molecule has 0 aromatic carbocycles. The molecule has 0 radical (unpaired) electrons. The first kappa shape index (κ1) is 13.6. The van der Waals surface area contributed by atoms with Gasteiger partial charge in [-0.25, -0.2) is 4.98 Å². The van der Waals surface area contributed by atoms with E-state index in [9.17, 15) is 0 Å². The second kappa shape index (κ2) is 5.43. The van der Waals surface area contributed by atoms with Crippen molar-refractivity contribution in [3.05, 3.63) is 18.2 Å². The third kappa shape index (κ3) is 2.46. The van der Waals surface area contributed by atoms with E-state index in [1.54, 1.807) is 0 Å². The van der Waals surface area contributed by atoms with Crippen molar-refractivity contribution >= 4 is 0 Å². The monoisotopic (exact) mass is 249 g/mol. The molecular weight excluding hydrogens is 222 g/mol. The number of aryl methyl sites for hydroxylation is 1. The highest BCUT2D eigenvalue weighted by Gasteiger charge is 2.41. The summed E-state index contributed by atoms with van der Waals surface area (Å²) in [6, 6.07) is 0.405. The lowest BCUT2D eigenvalue weighted by Gasteiger charge is -2.34. The lowest BCUT2D eigenvalue weighted by Crippen LogP contribution is -2.35. The summed E-state index contributed by atoms with van der Waals surface area (Å²) in [6.45, 7) is 11.2. The molecule has 1 aromatic rings. The molecule has 2 atom stereocenters. The summed E-state index contributed by atoms with van der Waals surface area (Å²) in [4.78, 5) is 4.62.